The van der Waals surface area contributed by atoms with E-state index in [0.717, 1.165) is 11.8 Å². The van der Waals surface area contributed by atoms with Gasteiger partial charge in [-0.2, -0.15) is 5.10 Å². The minimum atomic E-state index is -0.953. The van der Waals surface area contributed by atoms with Crippen molar-refractivity contribution in [2.45, 2.75) is 0 Å². The Morgan fingerprint density at radius 1 is 1.82 bits per heavy atom. The molecule has 0 aliphatic carbocycles. The van der Waals surface area contributed by atoms with Crippen LogP contribution in [0.25, 0.3) is 6.08 Å². The summed E-state index contributed by atoms with van der Waals surface area (Å²) in [5.41, 5.74) is 0.771. The van der Waals surface area contributed by atoms with Crippen LogP contribution in [0.3, 0.4) is 0 Å². The zero-order valence-electron chi connectivity index (χ0n) is 6.06. The number of carboxylic acids is 1. The average molecular weight is 152 g/mol. The summed E-state index contributed by atoms with van der Waals surface area (Å²) in [7, 11) is 1.75. The zero-order valence-corrected chi connectivity index (χ0v) is 6.06. The van der Waals surface area contributed by atoms with Crippen molar-refractivity contribution in [3.8, 4) is 0 Å². The maximum Gasteiger partial charge on any atom is 0.328 e. The van der Waals surface area contributed by atoms with Crippen LogP contribution in [0.5, 0.6) is 0 Å². The van der Waals surface area contributed by atoms with Gasteiger partial charge in [0.25, 0.3) is 0 Å². The van der Waals surface area contributed by atoms with Gasteiger partial charge in [-0.3, -0.25) is 4.68 Å². The smallest absolute Gasteiger partial charge is 0.328 e. The number of carboxylic acid groups (broad SMARTS) is 1. The van der Waals surface area contributed by atoms with Crippen molar-refractivity contribution in [2.75, 3.05) is 0 Å². The molecule has 0 amide bonds. The number of hydrogen-bond donors (Lipinski definition) is 1. The highest BCUT2D eigenvalue weighted by Gasteiger charge is 1.92. The van der Waals surface area contributed by atoms with Gasteiger partial charge in [0, 0.05) is 19.3 Å². The van der Waals surface area contributed by atoms with Gasteiger partial charge in [-0.1, -0.05) is 0 Å². The van der Waals surface area contributed by atoms with Crippen molar-refractivity contribution in [2.24, 2.45) is 7.05 Å². The number of hydrogen-bond acceptors (Lipinski definition) is 2. The largest absolute Gasteiger partial charge is 0.478 e. The van der Waals surface area contributed by atoms with Crippen LogP contribution in [0.2, 0.25) is 0 Å². The SMILES string of the molecule is Cn1nccc1/C=C\C(=O)O. The summed E-state index contributed by atoms with van der Waals surface area (Å²) in [6.45, 7) is 0. The molecule has 4 heteroatoms. The van der Waals surface area contributed by atoms with Crippen LogP contribution in [0.4, 0.5) is 0 Å². The van der Waals surface area contributed by atoms with Crippen molar-refractivity contribution >= 4 is 12.0 Å². The quantitative estimate of drug-likeness (QED) is 0.628. The number of aromatic nitrogens is 2. The van der Waals surface area contributed by atoms with E-state index in [1.54, 1.807) is 24.0 Å². The van der Waals surface area contributed by atoms with Crippen molar-refractivity contribution < 1.29 is 9.90 Å². The van der Waals surface area contributed by atoms with Gasteiger partial charge in [-0.25, -0.2) is 4.79 Å². The van der Waals surface area contributed by atoms with Gasteiger partial charge in [0.2, 0.25) is 0 Å². The van der Waals surface area contributed by atoms with Crippen molar-refractivity contribution in [1.29, 1.82) is 0 Å². The minimum Gasteiger partial charge on any atom is -0.478 e. The molecule has 0 spiro atoms. The predicted octanol–water partition coefficient (Wildman–Crippen LogP) is 0.518. The van der Waals surface area contributed by atoms with Crippen LogP contribution in [-0.2, 0) is 11.8 Å². The van der Waals surface area contributed by atoms with E-state index < -0.39 is 5.97 Å². The molecular formula is C7H8N2O2. The lowest BCUT2D eigenvalue weighted by atomic mass is 10.4. The van der Waals surface area contributed by atoms with E-state index in [2.05, 4.69) is 5.10 Å². The number of nitrogens with zero attached hydrogens (tertiary/aromatic N) is 2. The van der Waals surface area contributed by atoms with E-state index in [-0.39, 0.29) is 0 Å². The molecule has 0 aliphatic rings. The Kier molecular flexibility index (Phi) is 2.06. The number of rotatable bonds is 2. The first-order valence-corrected chi connectivity index (χ1v) is 3.09. The highest BCUT2D eigenvalue weighted by atomic mass is 16.4. The van der Waals surface area contributed by atoms with Crippen molar-refractivity contribution in [3.63, 3.8) is 0 Å². The normalized spacial score (nSPS) is 10.6. The summed E-state index contributed by atoms with van der Waals surface area (Å²) in [5, 5.41) is 12.2. The second-order valence-electron chi connectivity index (χ2n) is 2.05. The van der Waals surface area contributed by atoms with E-state index in [1.165, 1.54) is 6.08 Å². The second-order valence-corrected chi connectivity index (χ2v) is 2.05. The highest BCUT2D eigenvalue weighted by Crippen LogP contribution is 1.97. The molecule has 0 atom stereocenters. The van der Waals surface area contributed by atoms with Gasteiger partial charge in [0.1, 0.15) is 0 Å². The molecule has 0 saturated carbocycles. The number of aryl methyl sites for hydroxylation is 1. The van der Waals surface area contributed by atoms with Crippen LogP contribution in [0.15, 0.2) is 18.3 Å². The van der Waals surface area contributed by atoms with E-state index in [4.69, 9.17) is 5.11 Å². The van der Waals surface area contributed by atoms with E-state index in [9.17, 15) is 4.79 Å². The molecule has 0 aliphatic heterocycles. The first-order valence-electron chi connectivity index (χ1n) is 3.09. The third-order valence-corrected chi connectivity index (χ3v) is 1.26. The first-order chi connectivity index (χ1) is 5.20. The molecule has 0 fully saturated rings. The molecule has 1 aromatic heterocycles. The fourth-order valence-corrected chi connectivity index (χ4v) is 0.704. The van der Waals surface area contributed by atoms with Gasteiger partial charge in [0.05, 0.1) is 5.69 Å². The van der Waals surface area contributed by atoms with Crippen molar-refractivity contribution in [3.05, 3.63) is 24.0 Å². The number of aliphatic carboxylic acids is 1. The fraction of sp³-hybridized carbons (Fsp3) is 0.143. The van der Waals surface area contributed by atoms with Crippen LogP contribution in [0.1, 0.15) is 5.69 Å². The van der Waals surface area contributed by atoms with E-state index in [1.807, 2.05) is 0 Å². The Morgan fingerprint density at radius 2 is 2.55 bits per heavy atom. The molecule has 4 nitrogen and oxygen atoms in total. The maximum absolute atomic E-state index is 10.1. The fourth-order valence-electron chi connectivity index (χ4n) is 0.704. The molecule has 0 radical (unpaired) electrons. The lowest BCUT2D eigenvalue weighted by molar-refractivity contribution is -0.131. The second kappa shape index (κ2) is 3.01. The van der Waals surface area contributed by atoms with Crippen LogP contribution < -0.4 is 0 Å². The minimum absolute atomic E-state index is 0.771. The molecule has 11 heavy (non-hydrogen) atoms. The Labute approximate surface area is 63.8 Å². The van der Waals surface area contributed by atoms with Gasteiger partial charge < -0.3 is 5.11 Å². The standard InChI is InChI=1S/C7H8N2O2/c1-9-6(4-5-8-9)2-3-7(10)11/h2-5H,1H3,(H,10,11)/b3-2-. The Balaban J connectivity index is 2.79. The van der Waals surface area contributed by atoms with E-state index in [0.29, 0.717) is 0 Å². The topological polar surface area (TPSA) is 55.1 Å². The summed E-state index contributed by atoms with van der Waals surface area (Å²) in [6.07, 6.45) is 4.19. The Morgan fingerprint density at radius 3 is 3.00 bits per heavy atom. The third kappa shape index (κ3) is 1.93. The average Bonchev–Trinajstić information content (AvgIpc) is 2.31. The molecule has 0 bridgehead atoms. The molecule has 1 rings (SSSR count). The molecule has 1 N–H and O–H groups in total. The van der Waals surface area contributed by atoms with E-state index >= 15 is 0 Å². The monoisotopic (exact) mass is 152 g/mol. The lowest BCUT2D eigenvalue weighted by Crippen LogP contribution is -1.93. The summed E-state index contributed by atoms with van der Waals surface area (Å²) < 4.78 is 1.60. The van der Waals surface area contributed by atoms with Gasteiger partial charge >= 0.3 is 5.97 Å². The molecule has 1 aromatic rings. The molecule has 0 aromatic carbocycles. The van der Waals surface area contributed by atoms with Crippen LogP contribution >= 0.6 is 0 Å². The number of carbonyl (C=O) groups is 1. The van der Waals surface area contributed by atoms with Gasteiger partial charge in [-0.05, 0) is 12.1 Å². The van der Waals surface area contributed by atoms with Crippen LogP contribution in [-0.4, -0.2) is 20.9 Å². The summed E-state index contributed by atoms with van der Waals surface area (Å²) in [4.78, 5) is 10.1. The Hall–Kier alpha value is -1.58. The summed E-state index contributed by atoms with van der Waals surface area (Å²) in [5.74, 6) is -0.953. The Bertz CT molecular complexity index is 288. The molecule has 0 saturated heterocycles. The predicted molar refractivity (Wildman–Crippen MR) is 39.9 cm³/mol. The molecule has 58 valence electrons. The highest BCUT2D eigenvalue weighted by molar-refractivity contribution is 5.84. The maximum atomic E-state index is 10.1. The van der Waals surface area contributed by atoms with Gasteiger partial charge in [-0.15, -0.1) is 0 Å². The summed E-state index contributed by atoms with van der Waals surface area (Å²) in [6, 6.07) is 1.74. The first kappa shape index (κ1) is 7.53. The molecular weight excluding hydrogens is 144 g/mol. The molecule has 1 heterocycles. The van der Waals surface area contributed by atoms with Gasteiger partial charge in [0.15, 0.2) is 0 Å². The zero-order chi connectivity index (χ0) is 8.27. The summed E-state index contributed by atoms with van der Waals surface area (Å²) >= 11 is 0. The third-order valence-electron chi connectivity index (χ3n) is 1.26. The lowest BCUT2D eigenvalue weighted by Gasteiger charge is -1.90. The van der Waals surface area contributed by atoms with Crippen LogP contribution in [0, 0.1) is 0 Å². The van der Waals surface area contributed by atoms with Crippen molar-refractivity contribution in [1.82, 2.24) is 9.78 Å². The molecule has 0 unspecified atom stereocenters.